The molecule has 2 aromatic heterocycles. The summed E-state index contributed by atoms with van der Waals surface area (Å²) in [5, 5.41) is 1.99. The highest BCUT2D eigenvalue weighted by atomic mass is 19.1. The predicted molar refractivity (Wildman–Crippen MR) is 161 cm³/mol. The number of hydrogen-bond donors (Lipinski definition) is 0. The van der Waals surface area contributed by atoms with Gasteiger partial charge in [-0.25, -0.2) is 24.3 Å². The van der Waals surface area contributed by atoms with Crippen molar-refractivity contribution < 1.29 is 4.39 Å². The van der Waals surface area contributed by atoms with Crippen molar-refractivity contribution in [3.63, 3.8) is 0 Å². The molecule has 0 bridgehead atoms. The molecular formula is C35H31FN4. The lowest BCUT2D eigenvalue weighted by molar-refractivity contribution is 0.549. The lowest BCUT2D eigenvalue weighted by Crippen LogP contribution is -2.16. The van der Waals surface area contributed by atoms with Crippen molar-refractivity contribution in [2.45, 2.75) is 45.4 Å². The molecule has 198 valence electrons. The van der Waals surface area contributed by atoms with Gasteiger partial charge in [-0.1, -0.05) is 82.3 Å². The van der Waals surface area contributed by atoms with Crippen molar-refractivity contribution in [1.29, 1.82) is 0 Å². The summed E-state index contributed by atoms with van der Waals surface area (Å²) >= 11 is 0. The highest BCUT2D eigenvalue weighted by molar-refractivity contribution is 5.93. The minimum Gasteiger partial charge on any atom is -0.233 e. The van der Waals surface area contributed by atoms with Crippen molar-refractivity contribution in [3.8, 4) is 22.5 Å². The number of nitrogens with zero attached hydrogens (tertiary/aromatic N) is 4. The number of aromatic nitrogens is 4. The van der Waals surface area contributed by atoms with Crippen LogP contribution >= 0.6 is 0 Å². The van der Waals surface area contributed by atoms with Gasteiger partial charge in [0.05, 0.1) is 22.4 Å². The summed E-state index contributed by atoms with van der Waals surface area (Å²) in [7, 11) is 0. The van der Waals surface area contributed by atoms with Crippen LogP contribution in [0, 0.1) is 5.82 Å². The van der Waals surface area contributed by atoms with Gasteiger partial charge in [-0.05, 0) is 54.4 Å². The number of hydrogen-bond acceptors (Lipinski definition) is 4. The third kappa shape index (κ3) is 5.07. The lowest BCUT2D eigenvalue weighted by atomic mass is 9.93. The maximum absolute atomic E-state index is 13.7. The molecule has 0 fully saturated rings. The lowest BCUT2D eigenvalue weighted by Gasteiger charge is -2.19. The summed E-state index contributed by atoms with van der Waals surface area (Å²) in [5.74, 6) is 1.38. The summed E-state index contributed by atoms with van der Waals surface area (Å²) in [6, 6.07) is 31.3. The molecule has 2 heterocycles. The van der Waals surface area contributed by atoms with E-state index >= 15 is 0 Å². The molecule has 0 aliphatic heterocycles. The van der Waals surface area contributed by atoms with Crippen LogP contribution in [0.5, 0.6) is 0 Å². The Bertz CT molecular complexity index is 1820. The van der Waals surface area contributed by atoms with Crippen LogP contribution in [0.3, 0.4) is 0 Å². The van der Waals surface area contributed by atoms with Gasteiger partial charge in [0.15, 0.2) is 0 Å². The van der Waals surface area contributed by atoms with Gasteiger partial charge in [0.2, 0.25) is 0 Å². The van der Waals surface area contributed by atoms with Gasteiger partial charge in [0, 0.05) is 33.2 Å². The third-order valence-corrected chi connectivity index (χ3v) is 7.20. The Labute approximate surface area is 234 Å². The second-order valence-corrected chi connectivity index (χ2v) is 11.4. The summed E-state index contributed by atoms with van der Waals surface area (Å²) in [6.45, 7) is 8.58. The fraction of sp³-hybridized carbons (Fsp3) is 0.200. The van der Waals surface area contributed by atoms with Gasteiger partial charge >= 0.3 is 0 Å². The molecule has 0 radical (unpaired) electrons. The fourth-order valence-corrected chi connectivity index (χ4v) is 5.04. The van der Waals surface area contributed by atoms with Crippen LogP contribution in [0.4, 0.5) is 4.39 Å². The summed E-state index contributed by atoms with van der Waals surface area (Å²) < 4.78 is 13.7. The standard InChI is InChI=1S/C35H31FN4/c1-22(33-37-29-13-9-8-12-27(29)31(39-33)25-15-17-26(36)18-16-25)20-23-14-19-30-28(21-23)32(24-10-6-5-7-11-24)40-34(38-30)35(2,3)4/h5-19,21-22H,20H2,1-4H3. The molecule has 0 aliphatic carbocycles. The molecule has 4 aromatic carbocycles. The summed E-state index contributed by atoms with van der Waals surface area (Å²) in [4.78, 5) is 19.9. The van der Waals surface area contributed by atoms with Crippen LogP contribution in [0.2, 0.25) is 0 Å². The van der Waals surface area contributed by atoms with E-state index in [0.717, 1.165) is 62.4 Å². The van der Waals surface area contributed by atoms with Gasteiger partial charge in [-0.3, -0.25) is 0 Å². The van der Waals surface area contributed by atoms with Crippen molar-refractivity contribution in [2.75, 3.05) is 0 Å². The Morgan fingerprint density at radius 1 is 0.650 bits per heavy atom. The van der Waals surface area contributed by atoms with Crippen LogP contribution < -0.4 is 0 Å². The Hall–Kier alpha value is -4.51. The van der Waals surface area contributed by atoms with E-state index in [1.807, 2.05) is 42.5 Å². The Morgan fingerprint density at radius 3 is 2.05 bits per heavy atom. The largest absolute Gasteiger partial charge is 0.233 e. The van der Waals surface area contributed by atoms with Crippen LogP contribution in [0.25, 0.3) is 44.3 Å². The SMILES string of the molecule is CC(Cc1ccc2nc(C(C)(C)C)nc(-c3ccccc3)c2c1)c1nc(-c2ccc(F)cc2)c2ccccc2n1. The summed E-state index contributed by atoms with van der Waals surface area (Å²) in [5.41, 5.74) is 6.55. The average Bonchev–Trinajstić information content (AvgIpc) is 2.96. The molecule has 6 rings (SSSR count). The maximum Gasteiger partial charge on any atom is 0.135 e. The first kappa shape index (κ1) is 25.8. The number of rotatable bonds is 5. The van der Waals surface area contributed by atoms with Crippen LogP contribution in [0.1, 0.15) is 50.8 Å². The Morgan fingerprint density at radius 2 is 1.30 bits per heavy atom. The predicted octanol–water partition coefficient (Wildman–Crippen LogP) is 8.69. The molecule has 1 unspecified atom stereocenters. The molecular weight excluding hydrogens is 495 g/mol. The van der Waals surface area contributed by atoms with E-state index in [1.54, 1.807) is 12.1 Å². The first-order valence-electron chi connectivity index (χ1n) is 13.7. The number of halogens is 1. The first-order chi connectivity index (χ1) is 19.3. The maximum atomic E-state index is 13.7. The third-order valence-electron chi connectivity index (χ3n) is 7.20. The van der Waals surface area contributed by atoms with Crippen molar-refractivity contribution in [1.82, 2.24) is 19.9 Å². The fourth-order valence-electron chi connectivity index (χ4n) is 5.04. The van der Waals surface area contributed by atoms with Gasteiger partial charge in [-0.15, -0.1) is 0 Å². The zero-order chi connectivity index (χ0) is 27.9. The van der Waals surface area contributed by atoms with Gasteiger partial charge in [0.25, 0.3) is 0 Å². The van der Waals surface area contributed by atoms with E-state index in [4.69, 9.17) is 19.9 Å². The first-order valence-corrected chi connectivity index (χ1v) is 13.7. The molecule has 5 heteroatoms. The van der Waals surface area contributed by atoms with Crippen LogP contribution in [-0.2, 0) is 11.8 Å². The van der Waals surface area contributed by atoms with Crippen molar-refractivity contribution in [2.24, 2.45) is 0 Å². The zero-order valence-electron chi connectivity index (χ0n) is 23.2. The molecule has 6 aromatic rings. The zero-order valence-corrected chi connectivity index (χ0v) is 23.2. The van der Waals surface area contributed by atoms with E-state index in [1.165, 1.54) is 17.7 Å². The molecule has 4 nitrogen and oxygen atoms in total. The second-order valence-electron chi connectivity index (χ2n) is 11.4. The van der Waals surface area contributed by atoms with Gasteiger partial charge in [0.1, 0.15) is 17.5 Å². The Balaban J connectivity index is 1.41. The number of fused-ring (bicyclic) bond motifs is 2. The van der Waals surface area contributed by atoms with E-state index in [0.29, 0.717) is 0 Å². The minimum absolute atomic E-state index is 0.0520. The molecule has 0 spiro atoms. The molecule has 0 amide bonds. The van der Waals surface area contributed by atoms with E-state index in [9.17, 15) is 4.39 Å². The van der Waals surface area contributed by atoms with E-state index < -0.39 is 0 Å². The number of benzene rings is 4. The molecule has 0 saturated carbocycles. The minimum atomic E-state index is -0.263. The highest BCUT2D eigenvalue weighted by Gasteiger charge is 2.21. The normalized spacial score (nSPS) is 12.6. The molecule has 0 saturated heterocycles. The van der Waals surface area contributed by atoms with Gasteiger partial charge in [-0.2, -0.15) is 0 Å². The van der Waals surface area contributed by atoms with E-state index in [-0.39, 0.29) is 17.2 Å². The smallest absolute Gasteiger partial charge is 0.135 e. The average molecular weight is 527 g/mol. The van der Waals surface area contributed by atoms with Crippen LogP contribution in [-0.4, -0.2) is 19.9 Å². The molecule has 0 aliphatic rings. The van der Waals surface area contributed by atoms with Crippen molar-refractivity contribution >= 4 is 21.8 Å². The Kier molecular flexibility index (Phi) is 6.59. The highest BCUT2D eigenvalue weighted by Crippen LogP contribution is 2.32. The number of para-hydroxylation sites is 1. The van der Waals surface area contributed by atoms with Crippen molar-refractivity contribution in [3.05, 3.63) is 120 Å². The summed E-state index contributed by atoms with van der Waals surface area (Å²) in [6.07, 6.45) is 0.756. The van der Waals surface area contributed by atoms with E-state index in [2.05, 4.69) is 58.0 Å². The molecule has 1 atom stereocenters. The monoisotopic (exact) mass is 526 g/mol. The second kappa shape index (κ2) is 10.2. The van der Waals surface area contributed by atoms with Gasteiger partial charge < -0.3 is 0 Å². The molecule has 40 heavy (non-hydrogen) atoms. The quantitative estimate of drug-likeness (QED) is 0.225. The molecule has 0 N–H and O–H groups in total. The van der Waals surface area contributed by atoms with Crippen LogP contribution in [0.15, 0.2) is 97.1 Å². The topological polar surface area (TPSA) is 51.6 Å².